The van der Waals surface area contributed by atoms with Crippen LogP contribution in [0.1, 0.15) is 26.7 Å². The average Bonchev–Trinajstić information content (AvgIpc) is 3.05. The molecule has 2 saturated heterocycles. The van der Waals surface area contributed by atoms with Crippen LogP contribution in [0.3, 0.4) is 0 Å². The second-order valence-electron chi connectivity index (χ2n) is 8.83. The van der Waals surface area contributed by atoms with Crippen LogP contribution in [0, 0.1) is 34.5 Å². The van der Waals surface area contributed by atoms with E-state index in [0.29, 0.717) is 13.0 Å². The lowest BCUT2D eigenvalue weighted by Gasteiger charge is -2.31. The van der Waals surface area contributed by atoms with E-state index < -0.39 is 48.4 Å². The van der Waals surface area contributed by atoms with Gasteiger partial charge in [-0.1, -0.05) is 13.8 Å². The van der Waals surface area contributed by atoms with E-state index in [2.05, 4.69) is 10.6 Å². The monoisotopic (exact) mass is 443 g/mol. The van der Waals surface area contributed by atoms with Gasteiger partial charge in [0, 0.05) is 19.0 Å². The molecule has 1 aliphatic carbocycles. The zero-order valence-electron chi connectivity index (χ0n) is 17.1. The van der Waals surface area contributed by atoms with Crippen molar-refractivity contribution in [2.24, 2.45) is 23.2 Å². The number of hydrogen-bond donors (Lipinski definition) is 3. The zero-order chi connectivity index (χ0) is 23.1. The summed E-state index contributed by atoms with van der Waals surface area (Å²) in [5.74, 6) is -4.41. The Morgan fingerprint density at radius 1 is 1.35 bits per heavy atom. The molecule has 1 saturated carbocycles. The summed E-state index contributed by atoms with van der Waals surface area (Å²) < 4.78 is 37.1. The van der Waals surface area contributed by atoms with Crippen molar-refractivity contribution in [1.29, 1.82) is 5.26 Å². The Bertz CT molecular complexity index is 837. The van der Waals surface area contributed by atoms with Gasteiger partial charge in [-0.15, -0.1) is 0 Å². The van der Waals surface area contributed by atoms with Gasteiger partial charge in [0.05, 0.1) is 12.6 Å². The number of nitrogens with zero attached hydrogens (tertiary/aromatic N) is 2. The third kappa shape index (κ3) is 4.45. The van der Waals surface area contributed by atoms with Gasteiger partial charge in [0.2, 0.25) is 17.7 Å². The molecule has 3 fully saturated rings. The minimum absolute atomic E-state index is 0.00772. The van der Waals surface area contributed by atoms with E-state index in [1.807, 2.05) is 19.9 Å². The lowest BCUT2D eigenvalue weighted by atomic mass is 9.97. The third-order valence-electron chi connectivity index (χ3n) is 6.61. The number of carbonyl (C=O) groups excluding carboxylic acids is 4. The van der Waals surface area contributed by atoms with Gasteiger partial charge in [-0.3, -0.25) is 19.2 Å². The molecule has 0 radical (unpaired) electrons. The SMILES string of the molecule is CC1(C)C2[C@@H](C(=O)N[C@H](C#N)CC3CCNC3=O)N(C(=O)CNC(=O)C(F)(F)F)C[C@@H]21. The Balaban J connectivity index is 1.66. The second-order valence-corrected chi connectivity index (χ2v) is 8.83. The molecule has 3 aliphatic rings. The Morgan fingerprint density at radius 3 is 2.58 bits per heavy atom. The minimum atomic E-state index is -5.11. The first-order valence-corrected chi connectivity index (χ1v) is 10.00. The topological polar surface area (TPSA) is 131 Å². The van der Waals surface area contributed by atoms with Crippen LogP contribution in [-0.2, 0) is 19.2 Å². The highest BCUT2D eigenvalue weighted by molar-refractivity contribution is 5.92. The van der Waals surface area contributed by atoms with Gasteiger partial charge in [0.25, 0.3) is 0 Å². The van der Waals surface area contributed by atoms with Crippen LogP contribution in [0.5, 0.6) is 0 Å². The molecule has 0 spiro atoms. The second kappa shape index (κ2) is 8.01. The first-order chi connectivity index (χ1) is 14.4. The first kappa shape index (κ1) is 22.8. The number of likely N-dealkylation sites (tertiary alicyclic amines) is 1. The van der Waals surface area contributed by atoms with Gasteiger partial charge in [0.1, 0.15) is 12.1 Å². The first-order valence-electron chi connectivity index (χ1n) is 10.00. The number of rotatable bonds is 6. The van der Waals surface area contributed by atoms with Crippen molar-refractivity contribution in [2.45, 2.75) is 44.9 Å². The van der Waals surface area contributed by atoms with E-state index in [1.54, 1.807) is 0 Å². The maximum absolute atomic E-state index is 13.0. The van der Waals surface area contributed by atoms with Gasteiger partial charge in [-0.05, 0) is 30.1 Å². The van der Waals surface area contributed by atoms with Crippen LogP contribution in [0.2, 0.25) is 0 Å². The number of nitriles is 1. The highest BCUT2D eigenvalue weighted by Gasteiger charge is 2.69. The predicted octanol–water partition coefficient (Wildman–Crippen LogP) is -0.318. The molecule has 12 heteroatoms. The fraction of sp³-hybridized carbons (Fsp3) is 0.737. The van der Waals surface area contributed by atoms with E-state index in [1.165, 1.54) is 10.2 Å². The molecule has 0 aromatic heterocycles. The number of hydrogen-bond acceptors (Lipinski definition) is 5. The van der Waals surface area contributed by atoms with E-state index in [9.17, 15) is 37.6 Å². The van der Waals surface area contributed by atoms with Crippen LogP contribution in [0.15, 0.2) is 0 Å². The van der Waals surface area contributed by atoms with E-state index in [0.717, 1.165) is 0 Å². The molecule has 2 heterocycles. The van der Waals surface area contributed by atoms with Crippen LogP contribution >= 0.6 is 0 Å². The van der Waals surface area contributed by atoms with E-state index in [4.69, 9.17) is 0 Å². The van der Waals surface area contributed by atoms with Crippen LogP contribution in [0.25, 0.3) is 0 Å². The Kier molecular flexibility index (Phi) is 5.90. The summed E-state index contributed by atoms with van der Waals surface area (Å²) in [7, 11) is 0. The lowest BCUT2D eigenvalue weighted by Crippen LogP contribution is -2.54. The van der Waals surface area contributed by atoms with Gasteiger partial charge in [-0.25, -0.2) is 0 Å². The highest BCUT2D eigenvalue weighted by Crippen LogP contribution is 2.64. The number of fused-ring (bicyclic) bond motifs is 1. The summed E-state index contributed by atoms with van der Waals surface area (Å²) in [5, 5.41) is 16.2. The predicted molar refractivity (Wildman–Crippen MR) is 98.6 cm³/mol. The molecule has 3 N–H and O–H groups in total. The summed E-state index contributed by atoms with van der Waals surface area (Å²) in [5.41, 5.74) is -0.235. The van der Waals surface area contributed by atoms with Crippen molar-refractivity contribution in [3.63, 3.8) is 0 Å². The zero-order valence-corrected chi connectivity index (χ0v) is 17.1. The van der Waals surface area contributed by atoms with E-state index >= 15 is 0 Å². The fourth-order valence-electron chi connectivity index (χ4n) is 4.76. The van der Waals surface area contributed by atoms with Gasteiger partial charge < -0.3 is 20.9 Å². The number of carbonyl (C=O) groups is 4. The molecule has 0 aromatic rings. The normalized spacial score (nSPS) is 29.4. The average molecular weight is 443 g/mol. The molecular formula is C19H24F3N5O4. The standard InChI is InChI=1S/C19H24F3N5O4/c1-18(2)11-8-27(12(28)7-25-17(31)19(20,21)22)14(13(11)18)16(30)26-10(6-23)5-9-3-4-24-15(9)29/h9-11,13-14H,3-5,7-8H2,1-2H3,(H,24,29)(H,25,31)(H,26,30)/t9?,10-,11-,13?,14-/m0/s1. The number of nitrogens with one attached hydrogen (secondary N) is 3. The molecule has 170 valence electrons. The molecule has 3 rings (SSSR count). The number of amides is 4. The van der Waals surface area contributed by atoms with Crippen molar-refractivity contribution in [1.82, 2.24) is 20.9 Å². The van der Waals surface area contributed by atoms with Gasteiger partial charge in [0.15, 0.2) is 0 Å². The molecule has 5 atom stereocenters. The Morgan fingerprint density at radius 2 is 2.03 bits per heavy atom. The fourth-order valence-corrected chi connectivity index (χ4v) is 4.76. The van der Waals surface area contributed by atoms with Crippen LogP contribution in [-0.4, -0.2) is 66.4 Å². The van der Waals surface area contributed by atoms with Crippen LogP contribution < -0.4 is 16.0 Å². The van der Waals surface area contributed by atoms with Crippen LogP contribution in [0.4, 0.5) is 13.2 Å². The Labute approximate surface area is 176 Å². The number of halogens is 3. The van der Waals surface area contributed by atoms with Gasteiger partial charge >= 0.3 is 12.1 Å². The van der Waals surface area contributed by atoms with Crippen molar-refractivity contribution in [2.75, 3.05) is 19.6 Å². The largest absolute Gasteiger partial charge is 0.471 e. The molecule has 31 heavy (non-hydrogen) atoms. The summed E-state index contributed by atoms with van der Waals surface area (Å²) in [6, 6.07) is 0.0608. The number of alkyl halides is 3. The summed E-state index contributed by atoms with van der Waals surface area (Å²) in [4.78, 5) is 49.4. The molecule has 2 aliphatic heterocycles. The summed E-state index contributed by atoms with van der Waals surface area (Å²) in [6.45, 7) is 3.66. The molecular weight excluding hydrogens is 419 g/mol. The van der Waals surface area contributed by atoms with E-state index in [-0.39, 0.29) is 36.1 Å². The summed E-state index contributed by atoms with van der Waals surface area (Å²) >= 11 is 0. The molecule has 4 amide bonds. The molecule has 2 unspecified atom stereocenters. The molecule has 9 nitrogen and oxygen atoms in total. The Hall–Kier alpha value is -2.84. The smallest absolute Gasteiger partial charge is 0.356 e. The highest BCUT2D eigenvalue weighted by atomic mass is 19.4. The van der Waals surface area contributed by atoms with Crippen molar-refractivity contribution < 1.29 is 32.3 Å². The van der Waals surface area contributed by atoms with Crippen molar-refractivity contribution in [3.8, 4) is 6.07 Å². The van der Waals surface area contributed by atoms with Gasteiger partial charge in [-0.2, -0.15) is 18.4 Å². The van der Waals surface area contributed by atoms with Crippen molar-refractivity contribution >= 4 is 23.6 Å². The molecule has 0 aromatic carbocycles. The molecule has 0 bridgehead atoms. The third-order valence-corrected chi connectivity index (χ3v) is 6.61. The lowest BCUT2D eigenvalue weighted by molar-refractivity contribution is -0.174. The minimum Gasteiger partial charge on any atom is -0.356 e. The maximum atomic E-state index is 13.0. The number of piperidine rings is 1. The quantitative estimate of drug-likeness (QED) is 0.518. The maximum Gasteiger partial charge on any atom is 0.471 e. The summed E-state index contributed by atoms with van der Waals surface area (Å²) in [6.07, 6.45) is -4.43. The van der Waals surface area contributed by atoms with Crippen molar-refractivity contribution in [3.05, 3.63) is 0 Å².